The third-order valence-electron chi connectivity index (χ3n) is 6.11. The largest absolute Gasteiger partial charge is 0.332 e. The Morgan fingerprint density at radius 1 is 1.23 bits per heavy atom. The first-order chi connectivity index (χ1) is 14.6. The minimum absolute atomic E-state index is 0.132. The van der Waals surface area contributed by atoms with E-state index < -0.39 is 6.04 Å². The highest BCUT2D eigenvalue weighted by atomic mass is 16.2. The summed E-state index contributed by atoms with van der Waals surface area (Å²) >= 11 is 0. The second kappa shape index (κ2) is 7.66. The van der Waals surface area contributed by atoms with E-state index in [-0.39, 0.29) is 30.2 Å². The summed E-state index contributed by atoms with van der Waals surface area (Å²) in [6, 6.07) is 5.47. The lowest BCUT2D eigenvalue weighted by Gasteiger charge is -2.29. The van der Waals surface area contributed by atoms with Crippen LogP contribution in [0.4, 0.5) is 0 Å². The summed E-state index contributed by atoms with van der Waals surface area (Å²) in [6.45, 7) is 3.33. The number of imidazole rings is 1. The van der Waals surface area contributed by atoms with Gasteiger partial charge in [-0.05, 0) is 17.5 Å². The maximum atomic E-state index is 13.2. The normalized spacial score (nSPS) is 23.7. The summed E-state index contributed by atoms with van der Waals surface area (Å²) in [4.78, 5) is 42.9. The number of nitrogens with zero attached hydrogens (tertiary/aromatic N) is 3. The Morgan fingerprint density at radius 2 is 2.13 bits per heavy atom. The average molecular weight is 408 g/mol. The molecule has 3 amide bonds. The molecule has 9 heteroatoms. The summed E-state index contributed by atoms with van der Waals surface area (Å²) in [5.41, 5.74) is 2.54. The molecule has 1 aromatic carbocycles. The van der Waals surface area contributed by atoms with Crippen molar-refractivity contribution < 1.29 is 14.4 Å². The smallest absolute Gasteiger partial charge is 0.255 e. The number of piperidine rings is 1. The van der Waals surface area contributed by atoms with Crippen LogP contribution in [0, 0.1) is 0 Å². The van der Waals surface area contributed by atoms with E-state index in [1.165, 1.54) is 0 Å². The number of rotatable bonds is 4. The molecule has 3 aliphatic heterocycles. The Labute approximate surface area is 173 Å². The van der Waals surface area contributed by atoms with Gasteiger partial charge in [0.25, 0.3) is 5.91 Å². The van der Waals surface area contributed by atoms with Crippen LogP contribution in [-0.2, 0) is 35.8 Å². The molecule has 1 fully saturated rings. The van der Waals surface area contributed by atoms with Crippen LogP contribution in [0.2, 0.25) is 0 Å². The van der Waals surface area contributed by atoms with E-state index in [4.69, 9.17) is 0 Å². The summed E-state index contributed by atoms with van der Waals surface area (Å²) in [5, 5.41) is 9.31. The number of carbonyl (C=O) groups excluding carboxylic acids is 3. The zero-order chi connectivity index (χ0) is 20.7. The molecule has 4 heterocycles. The van der Waals surface area contributed by atoms with Gasteiger partial charge in [0.1, 0.15) is 11.9 Å². The van der Waals surface area contributed by atoms with E-state index in [1.54, 1.807) is 4.90 Å². The Kier molecular flexibility index (Phi) is 4.84. The summed E-state index contributed by atoms with van der Waals surface area (Å²) in [6.07, 6.45) is 4.43. The SMILES string of the molecule is O=C1CCC(N2Cc3cccc(CNC4CNCc5nccn5C4)c3C2=O)C(=O)N1. The van der Waals surface area contributed by atoms with Gasteiger partial charge in [0.2, 0.25) is 11.8 Å². The van der Waals surface area contributed by atoms with Gasteiger partial charge in [-0.25, -0.2) is 4.98 Å². The van der Waals surface area contributed by atoms with E-state index in [0.717, 1.165) is 36.6 Å². The lowest BCUT2D eigenvalue weighted by atomic mass is 10.0. The van der Waals surface area contributed by atoms with Crippen LogP contribution >= 0.6 is 0 Å². The van der Waals surface area contributed by atoms with Crippen LogP contribution in [0.15, 0.2) is 30.6 Å². The van der Waals surface area contributed by atoms with Crippen LogP contribution in [0.3, 0.4) is 0 Å². The van der Waals surface area contributed by atoms with Gasteiger partial charge in [0, 0.05) is 56.6 Å². The molecule has 3 aliphatic rings. The molecule has 5 rings (SSSR count). The van der Waals surface area contributed by atoms with Crippen LogP contribution in [-0.4, -0.2) is 50.8 Å². The number of amides is 3. The van der Waals surface area contributed by atoms with E-state index in [1.807, 2.05) is 30.6 Å². The zero-order valence-corrected chi connectivity index (χ0v) is 16.6. The number of imide groups is 1. The zero-order valence-electron chi connectivity index (χ0n) is 16.6. The molecule has 2 aromatic rings. The van der Waals surface area contributed by atoms with Crippen molar-refractivity contribution in [2.24, 2.45) is 0 Å². The quantitative estimate of drug-likeness (QED) is 0.610. The standard InChI is InChI=1S/C21H24N6O3/c28-18-5-4-16(20(29)25-18)27-11-14-3-1-2-13(19(14)21(27)30)8-24-15-9-22-10-17-23-6-7-26(17)12-15/h1-3,6-7,15-16,22,24H,4-5,8-12H2,(H,25,28,29). The van der Waals surface area contributed by atoms with Crippen LogP contribution in [0.5, 0.6) is 0 Å². The van der Waals surface area contributed by atoms with Crippen molar-refractivity contribution >= 4 is 17.7 Å². The molecule has 0 aliphatic carbocycles. The lowest BCUT2D eigenvalue weighted by molar-refractivity contribution is -0.136. The molecule has 0 spiro atoms. The van der Waals surface area contributed by atoms with Crippen LogP contribution < -0.4 is 16.0 Å². The molecule has 1 aromatic heterocycles. The second-order valence-corrected chi connectivity index (χ2v) is 8.06. The number of hydrogen-bond acceptors (Lipinski definition) is 6. The Hall–Kier alpha value is -3.04. The molecule has 2 unspecified atom stereocenters. The summed E-state index contributed by atoms with van der Waals surface area (Å²) < 4.78 is 2.14. The monoisotopic (exact) mass is 408 g/mol. The highest BCUT2D eigenvalue weighted by molar-refractivity contribution is 6.05. The van der Waals surface area contributed by atoms with Crippen molar-refractivity contribution in [1.29, 1.82) is 0 Å². The lowest BCUT2D eigenvalue weighted by Crippen LogP contribution is -2.52. The molecule has 3 N–H and O–H groups in total. The molecular formula is C21H24N6O3. The molecule has 30 heavy (non-hydrogen) atoms. The number of benzene rings is 1. The van der Waals surface area contributed by atoms with Gasteiger partial charge in [0.15, 0.2) is 0 Å². The molecule has 156 valence electrons. The number of carbonyl (C=O) groups is 3. The first kappa shape index (κ1) is 19.0. The van der Waals surface area contributed by atoms with Crippen molar-refractivity contribution in [3.8, 4) is 0 Å². The predicted octanol–water partition coefficient (Wildman–Crippen LogP) is -0.0943. The van der Waals surface area contributed by atoms with Crippen LogP contribution in [0.1, 0.15) is 40.2 Å². The van der Waals surface area contributed by atoms with Gasteiger partial charge in [-0.2, -0.15) is 0 Å². The van der Waals surface area contributed by atoms with E-state index in [0.29, 0.717) is 25.1 Å². The Balaban J connectivity index is 1.30. The number of fused-ring (bicyclic) bond motifs is 2. The van der Waals surface area contributed by atoms with Crippen molar-refractivity contribution in [2.75, 3.05) is 6.54 Å². The average Bonchev–Trinajstić information content (AvgIpc) is 3.25. The van der Waals surface area contributed by atoms with Gasteiger partial charge < -0.3 is 20.1 Å². The number of aromatic nitrogens is 2. The summed E-state index contributed by atoms with van der Waals surface area (Å²) in [7, 11) is 0. The van der Waals surface area contributed by atoms with E-state index >= 15 is 0 Å². The van der Waals surface area contributed by atoms with Gasteiger partial charge in [0.05, 0.1) is 6.54 Å². The fraction of sp³-hybridized carbons (Fsp3) is 0.429. The van der Waals surface area contributed by atoms with Crippen LogP contribution in [0.25, 0.3) is 0 Å². The highest BCUT2D eigenvalue weighted by Crippen LogP contribution is 2.29. The molecule has 2 atom stereocenters. The first-order valence-electron chi connectivity index (χ1n) is 10.3. The van der Waals surface area contributed by atoms with Crippen molar-refractivity contribution in [3.05, 3.63) is 53.1 Å². The second-order valence-electron chi connectivity index (χ2n) is 8.06. The minimum Gasteiger partial charge on any atom is -0.332 e. The molecule has 0 bridgehead atoms. The highest BCUT2D eigenvalue weighted by Gasteiger charge is 2.39. The van der Waals surface area contributed by atoms with Crippen molar-refractivity contribution in [1.82, 2.24) is 30.4 Å². The fourth-order valence-corrected chi connectivity index (χ4v) is 4.56. The van der Waals surface area contributed by atoms with Crippen molar-refractivity contribution in [2.45, 2.75) is 51.1 Å². The third kappa shape index (κ3) is 3.40. The Bertz CT molecular complexity index is 1020. The van der Waals surface area contributed by atoms with Gasteiger partial charge in [-0.3, -0.25) is 19.7 Å². The van der Waals surface area contributed by atoms with Gasteiger partial charge in [-0.1, -0.05) is 18.2 Å². The Morgan fingerprint density at radius 3 is 3.00 bits per heavy atom. The first-order valence-corrected chi connectivity index (χ1v) is 10.3. The van der Waals surface area contributed by atoms with E-state index in [9.17, 15) is 14.4 Å². The molecule has 0 saturated carbocycles. The number of hydrogen-bond donors (Lipinski definition) is 3. The van der Waals surface area contributed by atoms with E-state index in [2.05, 4.69) is 25.5 Å². The molecular weight excluding hydrogens is 384 g/mol. The maximum Gasteiger partial charge on any atom is 0.255 e. The molecule has 9 nitrogen and oxygen atoms in total. The topological polar surface area (TPSA) is 108 Å². The predicted molar refractivity (Wildman–Crippen MR) is 107 cm³/mol. The maximum absolute atomic E-state index is 13.2. The number of nitrogens with one attached hydrogen (secondary N) is 3. The molecule has 0 radical (unpaired) electrons. The van der Waals surface area contributed by atoms with Crippen molar-refractivity contribution in [3.63, 3.8) is 0 Å². The third-order valence-corrected chi connectivity index (χ3v) is 6.11. The fourth-order valence-electron chi connectivity index (χ4n) is 4.56. The minimum atomic E-state index is -0.589. The summed E-state index contributed by atoms with van der Waals surface area (Å²) in [5.74, 6) is 0.235. The van der Waals surface area contributed by atoms with Gasteiger partial charge in [-0.15, -0.1) is 0 Å². The molecule has 1 saturated heterocycles. The van der Waals surface area contributed by atoms with Gasteiger partial charge >= 0.3 is 0 Å².